The molecule has 276 valence electrons. The molecule has 1 unspecified atom stereocenters. The number of benzene rings is 1. The summed E-state index contributed by atoms with van der Waals surface area (Å²) >= 11 is 0. The second-order valence-corrected chi connectivity index (χ2v) is 11.2. The summed E-state index contributed by atoms with van der Waals surface area (Å²) in [5.41, 5.74) is 0.515. The first-order valence-electron chi connectivity index (χ1n) is 15.5. The maximum Gasteiger partial charge on any atom is 0.303 e. The average molecular weight is 712 g/mol. The van der Waals surface area contributed by atoms with E-state index >= 15 is 0 Å². The van der Waals surface area contributed by atoms with Crippen molar-refractivity contribution in [1.29, 1.82) is 0 Å². The van der Waals surface area contributed by atoms with Crippen molar-refractivity contribution in [3.8, 4) is 0 Å². The molecule has 0 aliphatic carbocycles. The van der Waals surface area contributed by atoms with E-state index < -0.39 is 116 Å². The third-order valence-corrected chi connectivity index (χ3v) is 7.00. The van der Waals surface area contributed by atoms with Gasteiger partial charge in [-0.2, -0.15) is 0 Å². The van der Waals surface area contributed by atoms with Crippen LogP contribution in [-0.2, 0) is 80.9 Å². The lowest BCUT2D eigenvalue weighted by Crippen LogP contribution is -2.65. The zero-order valence-corrected chi connectivity index (χ0v) is 28.5. The Morgan fingerprint density at radius 2 is 0.940 bits per heavy atom. The van der Waals surface area contributed by atoms with Crippen molar-refractivity contribution in [3.05, 3.63) is 30.3 Å². The summed E-state index contributed by atoms with van der Waals surface area (Å²) in [6, 6.07) is 8.59. The van der Waals surface area contributed by atoms with E-state index in [1.165, 1.54) is 0 Å². The van der Waals surface area contributed by atoms with Gasteiger partial charge in [0.1, 0.15) is 18.8 Å². The van der Waals surface area contributed by atoms with Crippen molar-refractivity contribution >= 4 is 47.5 Å². The number of rotatable bonds is 13. The molecule has 0 amide bonds. The minimum atomic E-state index is -1.61. The highest BCUT2D eigenvalue weighted by Crippen LogP contribution is 2.33. The molecular formula is C32H41NO17. The third kappa shape index (κ3) is 11.7. The fraction of sp³-hybridized carbons (Fsp3) is 0.594. The molecule has 2 heterocycles. The molecule has 2 saturated heterocycles. The van der Waals surface area contributed by atoms with Gasteiger partial charge in [0, 0.05) is 54.2 Å². The quantitative estimate of drug-likeness (QED) is 0.220. The molecule has 0 bridgehead atoms. The molecule has 3 rings (SSSR count). The van der Waals surface area contributed by atoms with Crippen LogP contribution < -0.4 is 5.32 Å². The number of nitrogens with one attached hydrogen (secondary N) is 1. The Morgan fingerprint density at radius 1 is 0.520 bits per heavy atom. The van der Waals surface area contributed by atoms with E-state index in [0.29, 0.717) is 5.69 Å². The van der Waals surface area contributed by atoms with Gasteiger partial charge >= 0.3 is 41.8 Å². The molecule has 10 atom stereocenters. The van der Waals surface area contributed by atoms with Gasteiger partial charge < -0.3 is 52.7 Å². The lowest BCUT2D eigenvalue weighted by atomic mass is 9.96. The number of para-hydroxylation sites is 1. The lowest BCUT2D eigenvalue weighted by molar-refractivity contribution is -0.318. The van der Waals surface area contributed by atoms with Crippen LogP contribution in [-0.4, -0.2) is 116 Å². The van der Waals surface area contributed by atoms with Crippen LogP contribution in [0.4, 0.5) is 5.69 Å². The first-order chi connectivity index (χ1) is 23.5. The molecule has 50 heavy (non-hydrogen) atoms. The molecule has 1 N–H and O–H groups in total. The number of ether oxygens (including phenoxy) is 10. The molecule has 1 aromatic carbocycles. The number of anilines is 1. The van der Waals surface area contributed by atoms with Crippen molar-refractivity contribution in [1.82, 2.24) is 0 Å². The molecule has 2 aliphatic rings. The van der Waals surface area contributed by atoms with Crippen molar-refractivity contribution in [2.45, 2.75) is 110 Å². The number of carbonyl (C=O) groups excluding carboxylic acids is 7. The summed E-state index contributed by atoms with van der Waals surface area (Å²) in [6.07, 6.45) is -14.2. The molecule has 18 heteroatoms. The van der Waals surface area contributed by atoms with E-state index in [2.05, 4.69) is 5.32 Å². The predicted octanol–water partition coefficient (Wildman–Crippen LogP) is 0.718. The third-order valence-electron chi connectivity index (χ3n) is 7.00. The summed E-state index contributed by atoms with van der Waals surface area (Å²) in [4.78, 5) is 85.0. The fourth-order valence-corrected chi connectivity index (χ4v) is 5.36. The SMILES string of the molecule is CC(=O)OC[C@H]1O[C@H](OC[C@H]2OC(Nc3ccccc3)[C@H](OC(C)=O)[C@@H](OC(C)=O)[C@@H]2OC(C)=O)[C@H](OC(C)=O)[C@@H](OC(C)=O)[C@H]1OC(C)=O. The van der Waals surface area contributed by atoms with Crippen LogP contribution in [0.1, 0.15) is 48.5 Å². The average Bonchev–Trinajstić information content (AvgIpc) is 3.00. The predicted molar refractivity (Wildman–Crippen MR) is 163 cm³/mol. The highest BCUT2D eigenvalue weighted by molar-refractivity contribution is 5.70. The lowest BCUT2D eigenvalue weighted by Gasteiger charge is -2.46. The highest BCUT2D eigenvalue weighted by Gasteiger charge is 2.55. The maximum absolute atomic E-state index is 12.3. The first-order valence-corrected chi connectivity index (χ1v) is 15.5. The van der Waals surface area contributed by atoms with Crippen molar-refractivity contribution in [2.24, 2.45) is 0 Å². The van der Waals surface area contributed by atoms with Gasteiger partial charge in [0.25, 0.3) is 0 Å². The van der Waals surface area contributed by atoms with Gasteiger partial charge in [0.2, 0.25) is 0 Å². The highest BCUT2D eigenvalue weighted by atomic mass is 16.7. The number of esters is 7. The van der Waals surface area contributed by atoms with Crippen LogP contribution in [0.3, 0.4) is 0 Å². The van der Waals surface area contributed by atoms with Crippen LogP contribution in [0.15, 0.2) is 30.3 Å². The smallest absolute Gasteiger partial charge is 0.303 e. The van der Waals surface area contributed by atoms with Gasteiger partial charge in [-0.15, -0.1) is 0 Å². The molecule has 2 aliphatic heterocycles. The van der Waals surface area contributed by atoms with Gasteiger partial charge in [-0.3, -0.25) is 33.6 Å². The first kappa shape index (κ1) is 39.6. The Hall–Kier alpha value is -4.81. The Kier molecular flexibility index (Phi) is 14.5. The van der Waals surface area contributed by atoms with E-state index in [1.54, 1.807) is 30.3 Å². The van der Waals surface area contributed by atoms with Gasteiger partial charge in [0.15, 0.2) is 49.1 Å². The molecule has 0 spiro atoms. The van der Waals surface area contributed by atoms with Crippen LogP contribution in [0.2, 0.25) is 0 Å². The summed E-state index contributed by atoms with van der Waals surface area (Å²) in [5.74, 6) is -5.62. The Labute approximate surface area is 287 Å². The molecule has 0 aromatic heterocycles. The Bertz CT molecular complexity index is 1390. The topological polar surface area (TPSA) is 224 Å². The van der Waals surface area contributed by atoms with E-state index in [4.69, 9.17) is 47.4 Å². The van der Waals surface area contributed by atoms with Gasteiger partial charge in [-0.05, 0) is 12.1 Å². The van der Waals surface area contributed by atoms with Crippen molar-refractivity contribution in [2.75, 3.05) is 18.5 Å². The van der Waals surface area contributed by atoms with E-state index in [9.17, 15) is 33.6 Å². The summed E-state index contributed by atoms with van der Waals surface area (Å²) < 4.78 is 56.2. The van der Waals surface area contributed by atoms with Crippen LogP contribution in [0.5, 0.6) is 0 Å². The Balaban J connectivity index is 2.05. The zero-order valence-electron chi connectivity index (χ0n) is 28.5. The van der Waals surface area contributed by atoms with Crippen molar-refractivity contribution in [3.63, 3.8) is 0 Å². The van der Waals surface area contributed by atoms with E-state index in [0.717, 1.165) is 48.5 Å². The molecular weight excluding hydrogens is 670 g/mol. The van der Waals surface area contributed by atoms with Gasteiger partial charge in [-0.1, -0.05) is 18.2 Å². The summed E-state index contributed by atoms with van der Waals surface area (Å²) in [7, 11) is 0. The Morgan fingerprint density at radius 3 is 1.42 bits per heavy atom. The van der Waals surface area contributed by atoms with Gasteiger partial charge in [-0.25, -0.2) is 0 Å². The standard InChI is InChI=1S/C32H41NO17/c1-15(34)41-13-24-26(44-17(3)36)28(46-19(5)38)30(48-21(7)40)32(50-24)42-14-23-25(43-16(2)35)27(45-18(4)37)29(47-20(6)39)31(49-23)33-22-11-9-8-10-12-22/h8-12,23-33H,13-14H2,1-7H3/t23-,24-,25-,26+,27+,28+,29-,30-,31?,32+/m1/s1. The maximum atomic E-state index is 12.3. The minimum Gasteiger partial charge on any atom is -0.463 e. The molecule has 1 aromatic rings. The monoisotopic (exact) mass is 711 g/mol. The van der Waals surface area contributed by atoms with E-state index in [-0.39, 0.29) is 0 Å². The fourth-order valence-electron chi connectivity index (χ4n) is 5.36. The molecule has 2 fully saturated rings. The largest absolute Gasteiger partial charge is 0.463 e. The molecule has 0 radical (unpaired) electrons. The number of hydrogen-bond acceptors (Lipinski definition) is 18. The second-order valence-electron chi connectivity index (χ2n) is 11.2. The van der Waals surface area contributed by atoms with E-state index in [1.807, 2.05) is 0 Å². The molecule has 0 saturated carbocycles. The minimum absolute atomic E-state index is 0.505. The number of hydrogen-bond donors (Lipinski definition) is 1. The van der Waals surface area contributed by atoms with Gasteiger partial charge in [0.05, 0.1) is 6.61 Å². The molecule has 18 nitrogen and oxygen atoms in total. The van der Waals surface area contributed by atoms with Crippen LogP contribution in [0, 0.1) is 0 Å². The summed E-state index contributed by atoms with van der Waals surface area (Å²) in [6.45, 7) is 6.61. The van der Waals surface area contributed by atoms with Crippen LogP contribution >= 0.6 is 0 Å². The normalized spacial score (nSPS) is 28.9. The van der Waals surface area contributed by atoms with Crippen molar-refractivity contribution < 1.29 is 80.9 Å². The zero-order chi connectivity index (χ0) is 37.1. The second kappa shape index (κ2) is 18.3. The number of carbonyl (C=O) groups is 7. The van der Waals surface area contributed by atoms with Crippen LogP contribution in [0.25, 0.3) is 0 Å². The summed E-state index contributed by atoms with van der Waals surface area (Å²) in [5, 5.41) is 3.06.